The number of carbonyl (C=O) groups is 2. The van der Waals surface area contributed by atoms with Gasteiger partial charge in [0.25, 0.3) is 5.91 Å². The summed E-state index contributed by atoms with van der Waals surface area (Å²) in [6.45, 7) is 2.01. The van der Waals surface area contributed by atoms with Gasteiger partial charge in [-0.3, -0.25) is 4.79 Å². The first-order valence-corrected chi connectivity index (χ1v) is 7.55. The topological polar surface area (TPSA) is 88.5 Å². The molecular weight excluding hydrogens is 304 g/mol. The highest BCUT2D eigenvalue weighted by Crippen LogP contribution is 2.26. The van der Waals surface area contributed by atoms with Crippen molar-refractivity contribution in [2.24, 2.45) is 0 Å². The number of carbonyl (C=O) groups excluding carboxylic acids is 1. The number of aryl methyl sites for hydroxylation is 1. The molecule has 22 heavy (non-hydrogen) atoms. The van der Waals surface area contributed by atoms with E-state index in [0.29, 0.717) is 5.69 Å². The highest BCUT2D eigenvalue weighted by molar-refractivity contribution is 7.13. The minimum Gasteiger partial charge on any atom is -0.480 e. The highest BCUT2D eigenvalue weighted by Gasteiger charge is 2.12. The second-order valence-corrected chi connectivity index (χ2v) is 5.41. The van der Waals surface area contributed by atoms with Gasteiger partial charge in [0.2, 0.25) is 0 Å². The molecule has 0 radical (unpaired) electrons. The first-order valence-electron chi connectivity index (χ1n) is 6.67. The summed E-state index contributed by atoms with van der Waals surface area (Å²) in [5, 5.41) is 13.6. The minimum absolute atomic E-state index is 0.146. The Morgan fingerprint density at radius 3 is 2.86 bits per heavy atom. The van der Waals surface area contributed by atoms with E-state index >= 15 is 0 Å². The molecule has 0 aliphatic carbocycles. The Morgan fingerprint density at radius 1 is 1.36 bits per heavy atom. The number of aromatic nitrogens is 1. The van der Waals surface area contributed by atoms with Gasteiger partial charge in [-0.2, -0.15) is 0 Å². The summed E-state index contributed by atoms with van der Waals surface area (Å²) in [6.07, 6.45) is 0. The fourth-order valence-corrected chi connectivity index (χ4v) is 2.69. The van der Waals surface area contributed by atoms with Crippen LogP contribution in [0.25, 0.3) is 10.6 Å². The van der Waals surface area contributed by atoms with E-state index in [-0.39, 0.29) is 25.7 Å². The largest absolute Gasteiger partial charge is 0.480 e. The van der Waals surface area contributed by atoms with Crippen LogP contribution >= 0.6 is 11.3 Å². The van der Waals surface area contributed by atoms with Crippen molar-refractivity contribution in [3.63, 3.8) is 0 Å². The Bertz CT molecular complexity index is 669. The molecule has 1 aromatic carbocycles. The zero-order chi connectivity index (χ0) is 15.9. The van der Waals surface area contributed by atoms with Crippen LogP contribution in [-0.2, 0) is 9.53 Å². The number of ether oxygens (including phenoxy) is 1. The van der Waals surface area contributed by atoms with Gasteiger partial charge in [0.1, 0.15) is 17.3 Å². The summed E-state index contributed by atoms with van der Waals surface area (Å²) in [6, 6.07) is 7.85. The number of rotatable bonds is 7. The average Bonchev–Trinajstić information content (AvgIpc) is 2.96. The fourth-order valence-electron chi connectivity index (χ4n) is 1.80. The third-order valence-corrected chi connectivity index (χ3v) is 3.75. The van der Waals surface area contributed by atoms with Crippen LogP contribution in [-0.4, -0.2) is 41.7 Å². The van der Waals surface area contributed by atoms with Gasteiger partial charge in [0.15, 0.2) is 0 Å². The van der Waals surface area contributed by atoms with Crippen molar-refractivity contribution in [1.29, 1.82) is 0 Å². The molecule has 0 saturated carbocycles. The molecule has 0 aliphatic heterocycles. The van der Waals surface area contributed by atoms with E-state index in [9.17, 15) is 9.59 Å². The van der Waals surface area contributed by atoms with E-state index in [4.69, 9.17) is 9.84 Å². The first-order chi connectivity index (χ1) is 10.6. The van der Waals surface area contributed by atoms with E-state index in [1.54, 1.807) is 5.38 Å². The molecule has 0 fully saturated rings. The number of carboxylic acid groups (broad SMARTS) is 1. The quantitative estimate of drug-likeness (QED) is 0.761. The van der Waals surface area contributed by atoms with Gasteiger partial charge in [-0.25, -0.2) is 9.78 Å². The van der Waals surface area contributed by atoms with Gasteiger partial charge in [-0.1, -0.05) is 24.3 Å². The Morgan fingerprint density at radius 2 is 2.14 bits per heavy atom. The van der Waals surface area contributed by atoms with E-state index in [2.05, 4.69) is 10.3 Å². The summed E-state index contributed by atoms with van der Waals surface area (Å²) in [5.74, 6) is -1.33. The van der Waals surface area contributed by atoms with Crippen molar-refractivity contribution in [1.82, 2.24) is 10.3 Å². The Labute approximate surface area is 131 Å². The van der Waals surface area contributed by atoms with Crippen LogP contribution in [0.2, 0.25) is 0 Å². The lowest BCUT2D eigenvalue weighted by Gasteiger charge is -2.03. The Hall–Kier alpha value is -2.25. The molecule has 1 heterocycles. The lowest BCUT2D eigenvalue weighted by Crippen LogP contribution is -2.28. The zero-order valence-electron chi connectivity index (χ0n) is 12.0. The number of nitrogens with one attached hydrogen (secondary N) is 1. The van der Waals surface area contributed by atoms with Crippen LogP contribution in [0.5, 0.6) is 0 Å². The summed E-state index contributed by atoms with van der Waals surface area (Å²) in [5.41, 5.74) is 2.46. The predicted octanol–water partition coefficient (Wildman–Crippen LogP) is 1.95. The summed E-state index contributed by atoms with van der Waals surface area (Å²) >= 11 is 1.41. The van der Waals surface area contributed by atoms with E-state index in [1.807, 2.05) is 31.2 Å². The van der Waals surface area contributed by atoms with Crippen LogP contribution in [0.1, 0.15) is 16.1 Å². The van der Waals surface area contributed by atoms with Crippen molar-refractivity contribution in [3.8, 4) is 10.6 Å². The van der Waals surface area contributed by atoms with Gasteiger partial charge >= 0.3 is 5.97 Å². The number of aliphatic carboxylic acids is 1. The molecule has 0 unspecified atom stereocenters. The van der Waals surface area contributed by atoms with Crippen molar-refractivity contribution in [2.75, 3.05) is 19.8 Å². The van der Waals surface area contributed by atoms with Crippen molar-refractivity contribution >= 4 is 23.2 Å². The number of carboxylic acids is 1. The molecule has 0 aliphatic rings. The third-order valence-electron chi connectivity index (χ3n) is 2.87. The Balaban J connectivity index is 1.90. The number of benzene rings is 1. The fraction of sp³-hybridized carbons (Fsp3) is 0.267. The predicted molar refractivity (Wildman–Crippen MR) is 83.1 cm³/mol. The van der Waals surface area contributed by atoms with Crippen molar-refractivity contribution < 1.29 is 19.4 Å². The van der Waals surface area contributed by atoms with E-state index < -0.39 is 5.97 Å². The van der Waals surface area contributed by atoms with Crippen molar-refractivity contribution in [2.45, 2.75) is 6.92 Å². The zero-order valence-corrected chi connectivity index (χ0v) is 12.9. The highest BCUT2D eigenvalue weighted by atomic mass is 32.1. The van der Waals surface area contributed by atoms with Gasteiger partial charge in [0, 0.05) is 17.5 Å². The maximum absolute atomic E-state index is 11.9. The van der Waals surface area contributed by atoms with Crippen LogP contribution in [0.4, 0.5) is 0 Å². The van der Waals surface area contributed by atoms with Crippen LogP contribution in [0, 0.1) is 6.92 Å². The normalized spacial score (nSPS) is 10.4. The first kappa shape index (κ1) is 16.1. The van der Waals surface area contributed by atoms with Gasteiger partial charge in [0.05, 0.1) is 6.61 Å². The van der Waals surface area contributed by atoms with Gasteiger partial charge in [-0.05, 0) is 12.5 Å². The molecule has 1 amide bonds. The Kier molecular flexibility index (Phi) is 5.62. The van der Waals surface area contributed by atoms with Gasteiger partial charge < -0.3 is 15.2 Å². The maximum atomic E-state index is 11.9. The second-order valence-electron chi connectivity index (χ2n) is 4.56. The maximum Gasteiger partial charge on any atom is 0.329 e. The number of hydrogen-bond acceptors (Lipinski definition) is 5. The summed E-state index contributed by atoms with van der Waals surface area (Å²) in [7, 11) is 0. The van der Waals surface area contributed by atoms with E-state index in [0.717, 1.165) is 16.1 Å². The average molecular weight is 320 g/mol. The SMILES string of the molecule is Cc1ccccc1-c1nc(C(=O)NCCOCC(=O)O)cs1. The van der Waals surface area contributed by atoms with Crippen molar-refractivity contribution in [3.05, 3.63) is 40.9 Å². The number of hydrogen-bond donors (Lipinski definition) is 2. The molecule has 1 aromatic heterocycles. The summed E-state index contributed by atoms with van der Waals surface area (Å²) < 4.78 is 4.84. The van der Waals surface area contributed by atoms with Crippen LogP contribution < -0.4 is 5.32 Å². The molecule has 0 spiro atoms. The molecule has 0 saturated heterocycles. The number of thiazole rings is 1. The van der Waals surface area contributed by atoms with Crippen LogP contribution in [0.15, 0.2) is 29.6 Å². The third kappa shape index (κ3) is 4.37. The lowest BCUT2D eigenvalue weighted by molar-refractivity contribution is -0.142. The smallest absolute Gasteiger partial charge is 0.329 e. The number of amides is 1. The lowest BCUT2D eigenvalue weighted by atomic mass is 10.1. The van der Waals surface area contributed by atoms with Gasteiger partial charge in [-0.15, -0.1) is 11.3 Å². The molecule has 7 heteroatoms. The molecule has 2 rings (SSSR count). The molecule has 116 valence electrons. The molecular formula is C15H16N2O4S. The van der Waals surface area contributed by atoms with E-state index in [1.165, 1.54) is 11.3 Å². The second kappa shape index (κ2) is 7.67. The van der Waals surface area contributed by atoms with Crippen LogP contribution in [0.3, 0.4) is 0 Å². The standard InChI is InChI=1S/C15H16N2O4S/c1-10-4-2-3-5-11(10)15-17-12(9-22-15)14(20)16-6-7-21-8-13(18)19/h2-5,9H,6-8H2,1H3,(H,16,20)(H,18,19). The molecule has 6 nitrogen and oxygen atoms in total. The molecule has 0 bridgehead atoms. The molecule has 2 N–H and O–H groups in total. The minimum atomic E-state index is -1.03. The molecule has 2 aromatic rings. The summed E-state index contributed by atoms with van der Waals surface area (Å²) in [4.78, 5) is 26.5. The molecule has 0 atom stereocenters. The number of nitrogens with zero attached hydrogens (tertiary/aromatic N) is 1. The monoisotopic (exact) mass is 320 g/mol.